The van der Waals surface area contributed by atoms with Gasteiger partial charge in [-0.1, -0.05) is 0 Å². The van der Waals surface area contributed by atoms with Gasteiger partial charge in [-0.2, -0.15) is 0 Å². The van der Waals surface area contributed by atoms with Gasteiger partial charge in [0.2, 0.25) is 0 Å². The van der Waals surface area contributed by atoms with Crippen LogP contribution in [0.1, 0.15) is 43.9 Å². The second-order valence-electron chi connectivity index (χ2n) is 6.63. The van der Waals surface area contributed by atoms with Crippen molar-refractivity contribution in [1.82, 2.24) is 4.90 Å². The first kappa shape index (κ1) is 14.8. The topological polar surface area (TPSA) is 26.7 Å². The number of aliphatic hydroxyl groups is 1. The number of halogens is 1. The van der Waals surface area contributed by atoms with E-state index in [2.05, 4.69) is 16.7 Å². The number of aliphatic hydroxyl groups excluding tert-OH is 1. The summed E-state index contributed by atoms with van der Waals surface area (Å²) in [4.78, 5) is 4.93. The van der Waals surface area contributed by atoms with Crippen LogP contribution in [0.2, 0.25) is 0 Å². The fraction of sp³-hybridized carbons (Fsp3) is 0.647. The molecule has 0 radical (unpaired) electrons. The van der Waals surface area contributed by atoms with Crippen LogP contribution in [0.4, 0.5) is 10.1 Å². The Morgan fingerprint density at radius 1 is 1.33 bits per heavy atom. The highest BCUT2D eigenvalue weighted by Crippen LogP contribution is 2.34. The van der Waals surface area contributed by atoms with Crippen molar-refractivity contribution >= 4 is 5.69 Å². The number of hydrogen-bond donors (Lipinski definition) is 1. The molecule has 2 saturated heterocycles. The van der Waals surface area contributed by atoms with Gasteiger partial charge < -0.3 is 10.0 Å². The maximum absolute atomic E-state index is 13.9. The number of nitrogens with zero attached hydrogens (tertiary/aromatic N) is 2. The molecule has 2 fully saturated rings. The van der Waals surface area contributed by atoms with Gasteiger partial charge in [0.25, 0.3) is 0 Å². The monoisotopic (exact) mass is 292 g/mol. The predicted molar refractivity (Wildman–Crippen MR) is 83.2 cm³/mol. The normalized spacial score (nSPS) is 27.8. The lowest BCUT2D eigenvalue weighted by atomic mass is 10.00. The van der Waals surface area contributed by atoms with Crippen LogP contribution < -0.4 is 4.90 Å². The quantitative estimate of drug-likeness (QED) is 0.908. The molecule has 0 aliphatic carbocycles. The van der Waals surface area contributed by atoms with E-state index in [0.29, 0.717) is 23.2 Å². The molecule has 4 heteroatoms. The first-order chi connectivity index (χ1) is 9.97. The number of benzene rings is 1. The Morgan fingerprint density at radius 3 is 2.81 bits per heavy atom. The minimum absolute atomic E-state index is 0.234. The highest BCUT2D eigenvalue weighted by molar-refractivity contribution is 5.58. The number of fused-ring (bicyclic) bond motifs is 1. The van der Waals surface area contributed by atoms with Crippen molar-refractivity contribution in [2.24, 2.45) is 0 Å². The Bertz CT molecular complexity index is 532. The average Bonchev–Trinajstić information content (AvgIpc) is 2.87. The molecule has 2 aliphatic rings. The van der Waals surface area contributed by atoms with Gasteiger partial charge in [0.15, 0.2) is 0 Å². The number of rotatable bonds is 2. The van der Waals surface area contributed by atoms with E-state index in [1.807, 2.05) is 6.07 Å². The lowest BCUT2D eigenvalue weighted by molar-refractivity contribution is 0.192. The van der Waals surface area contributed by atoms with Crippen molar-refractivity contribution in [3.8, 4) is 0 Å². The van der Waals surface area contributed by atoms with Gasteiger partial charge in [-0.25, -0.2) is 4.39 Å². The minimum Gasteiger partial charge on any atom is -0.389 e. The van der Waals surface area contributed by atoms with Crippen LogP contribution in [0.3, 0.4) is 0 Å². The third-order valence-corrected chi connectivity index (χ3v) is 5.00. The minimum atomic E-state index is -0.649. The Hall–Kier alpha value is -1.13. The molecule has 0 aromatic heterocycles. The summed E-state index contributed by atoms with van der Waals surface area (Å²) in [6.45, 7) is 8.96. The highest BCUT2D eigenvalue weighted by atomic mass is 19.1. The van der Waals surface area contributed by atoms with Gasteiger partial charge in [-0.05, 0) is 57.9 Å². The molecule has 2 aliphatic heterocycles. The molecular formula is C17H25FN2O. The molecule has 21 heavy (non-hydrogen) atoms. The largest absolute Gasteiger partial charge is 0.389 e. The maximum atomic E-state index is 13.9. The molecule has 116 valence electrons. The van der Waals surface area contributed by atoms with Crippen molar-refractivity contribution in [2.75, 3.05) is 24.5 Å². The Morgan fingerprint density at radius 2 is 2.10 bits per heavy atom. The molecular weight excluding hydrogens is 267 g/mol. The third-order valence-electron chi connectivity index (χ3n) is 5.00. The maximum Gasteiger partial charge on any atom is 0.126 e. The number of piperazine rings is 1. The van der Waals surface area contributed by atoms with Crippen LogP contribution in [0.15, 0.2) is 12.1 Å². The van der Waals surface area contributed by atoms with Crippen LogP contribution in [-0.2, 0) is 0 Å². The highest BCUT2D eigenvalue weighted by Gasteiger charge is 2.35. The zero-order valence-electron chi connectivity index (χ0n) is 13.1. The van der Waals surface area contributed by atoms with Crippen LogP contribution in [0.25, 0.3) is 0 Å². The van der Waals surface area contributed by atoms with Crippen molar-refractivity contribution < 1.29 is 9.50 Å². The molecule has 3 nitrogen and oxygen atoms in total. The lowest BCUT2D eigenvalue weighted by Gasteiger charge is -2.44. The summed E-state index contributed by atoms with van der Waals surface area (Å²) in [6, 6.07) is 4.40. The van der Waals surface area contributed by atoms with Crippen molar-refractivity contribution in [1.29, 1.82) is 0 Å². The van der Waals surface area contributed by atoms with E-state index < -0.39 is 6.10 Å². The number of anilines is 1. The van der Waals surface area contributed by atoms with Crippen LogP contribution >= 0.6 is 0 Å². The fourth-order valence-corrected chi connectivity index (χ4v) is 3.79. The molecule has 0 bridgehead atoms. The van der Waals surface area contributed by atoms with Gasteiger partial charge in [-0.3, -0.25) is 4.90 Å². The molecule has 1 aromatic rings. The Labute approximate surface area is 126 Å². The molecule has 1 aromatic carbocycles. The van der Waals surface area contributed by atoms with E-state index in [1.165, 1.54) is 25.5 Å². The average molecular weight is 292 g/mol. The Kier molecular flexibility index (Phi) is 3.93. The van der Waals surface area contributed by atoms with Gasteiger partial charge in [-0.15, -0.1) is 0 Å². The Balaban J connectivity index is 1.97. The van der Waals surface area contributed by atoms with Gasteiger partial charge in [0.05, 0.1) is 6.10 Å². The van der Waals surface area contributed by atoms with E-state index in [1.54, 1.807) is 13.8 Å². The summed E-state index contributed by atoms with van der Waals surface area (Å²) in [5.74, 6) is -0.234. The van der Waals surface area contributed by atoms with E-state index in [9.17, 15) is 9.50 Å². The van der Waals surface area contributed by atoms with Crippen molar-refractivity contribution in [3.63, 3.8) is 0 Å². The summed E-state index contributed by atoms with van der Waals surface area (Å²) in [6.07, 6.45) is 1.87. The van der Waals surface area contributed by atoms with E-state index >= 15 is 0 Å². The van der Waals surface area contributed by atoms with E-state index in [0.717, 1.165) is 18.8 Å². The van der Waals surface area contributed by atoms with E-state index in [4.69, 9.17) is 0 Å². The molecule has 2 heterocycles. The fourth-order valence-electron chi connectivity index (χ4n) is 3.79. The summed E-state index contributed by atoms with van der Waals surface area (Å²) in [5, 5.41) is 10.0. The first-order valence-electron chi connectivity index (χ1n) is 7.96. The van der Waals surface area contributed by atoms with Crippen molar-refractivity contribution in [3.05, 3.63) is 29.1 Å². The molecule has 0 saturated carbocycles. The molecule has 2 unspecified atom stereocenters. The summed E-state index contributed by atoms with van der Waals surface area (Å²) < 4.78 is 13.9. The molecule has 3 rings (SSSR count). The standard InChI is InChI=1S/C17H25FN2O/c1-11-7-17(15(13(3)21)8-16(11)18)20-10-14-5-4-6-19(14)9-12(20)2/h7-8,12-14,21H,4-6,9-10H2,1-3H3/t12?,13-,14?/m0/s1. The smallest absolute Gasteiger partial charge is 0.126 e. The summed E-state index contributed by atoms with van der Waals surface area (Å²) >= 11 is 0. The molecule has 0 spiro atoms. The van der Waals surface area contributed by atoms with Gasteiger partial charge in [0, 0.05) is 36.4 Å². The van der Waals surface area contributed by atoms with Crippen LogP contribution in [0.5, 0.6) is 0 Å². The molecule has 0 amide bonds. The third kappa shape index (κ3) is 2.67. The molecule has 1 N–H and O–H groups in total. The second kappa shape index (κ2) is 5.58. The van der Waals surface area contributed by atoms with Gasteiger partial charge in [0.1, 0.15) is 5.82 Å². The van der Waals surface area contributed by atoms with E-state index in [-0.39, 0.29) is 5.82 Å². The van der Waals surface area contributed by atoms with Crippen LogP contribution in [0, 0.1) is 12.7 Å². The van der Waals surface area contributed by atoms with Gasteiger partial charge >= 0.3 is 0 Å². The number of aryl methyl sites for hydroxylation is 1. The van der Waals surface area contributed by atoms with Crippen molar-refractivity contribution in [2.45, 2.75) is 51.8 Å². The van der Waals surface area contributed by atoms with Crippen LogP contribution in [-0.4, -0.2) is 41.7 Å². The number of hydrogen-bond acceptors (Lipinski definition) is 3. The summed E-state index contributed by atoms with van der Waals surface area (Å²) in [7, 11) is 0. The predicted octanol–water partition coefficient (Wildman–Crippen LogP) is 2.86. The molecule has 3 atom stereocenters. The SMILES string of the molecule is Cc1cc(N2CC3CCCN3CC2C)c([C@H](C)O)cc1F. The zero-order chi connectivity index (χ0) is 15.1. The summed E-state index contributed by atoms with van der Waals surface area (Å²) in [5.41, 5.74) is 2.36. The zero-order valence-corrected chi connectivity index (χ0v) is 13.1. The lowest BCUT2D eigenvalue weighted by Crippen LogP contribution is -2.55. The second-order valence-corrected chi connectivity index (χ2v) is 6.63. The first-order valence-corrected chi connectivity index (χ1v) is 7.96.